The van der Waals surface area contributed by atoms with Gasteiger partial charge in [-0.2, -0.15) is 11.8 Å². The molecule has 0 bridgehead atoms. The smallest absolute Gasteiger partial charge is 0.0954 e. The molecule has 0 saturated carbocycles. The number of hydrogen-bond acceptors (Lipinski definition) is 4. The molecule has 0 saturated heterocycles. The molecule has 2 nitrogen and oxygen atoms in total. The third-order valence-corrected chi connectivity index (χ3v) is 3.66. The summed E-state index contributed by atoms with van der Waals surface area (Å²) in [5.74, 6) is 1.72. The van der Waals surface area contributed by atoms with Crippen LogP contribution < -0.4 is 5.32 Å². The van der Waals surface area contributed by atoms with E-state index in [0.717, 1.165) is 13.1 Å². The van der Waals surface area contributed by atoms with Crippen molar-refractivity contribution in [1.82, 2.24) is 10.3 Å². The molecule has 1 aromatic rings. The predicted molar refractivity (Wildman–Crippen MR) is 73.5 cm³/mol. The van der Waals surface area contributed by atoms with Crippen LogP contribution >= 0.6 is 35.5 Å². The summed E-state index contributed by atoms with van der Waals surface area (Å²) in [6.45, 7) is 6.34. The van der Waals surface area contributed by atoms with Crippen molar-refractivity contribution < 1.29 is 0 Å². The maximum Gasteiger partial charge on any atom is 0.0954 e. The highest BCUT2D eigenvalue weighted by Gasteiger charge is 2.04. The summed E-state index contributed by atoms with van der Waals surface area (Å²) in [7, 11) is 0. The lowest BCUT2D eigenvalue weighted by atomic mass is 10.2. The van der Waals surface area contributed by atoms with E-state index in [1.54, 1.807) is 11.3 Å². The molecule has 5 heteroatoms. The topological polar surface area (TPSA) is 24.9 Å². The van der Waals surface area contributed by atoms with Crippen LogP contribution in [0.3, 0.4) is 0 Å². The van der Waals surface area contributed by atoms with E-state index in [-0.39, 0.29) is 12.4 Å². The Hall–Kier alpha value is 0.230. The fraction of sp³-hybridized carbons (Fsp3) is 0.700. The average molecular weight is 267 g/mol. The second-order valence-corrected chi connectivity index (χ2v) is 5.38. The third kappa shape index (κ3) is 5.76. The first-order chi connectivity index (χ1) is 6.74. The number of thioether (sulfide) groups is 1. The molecule has 0 unspecified atom stereocenters. The number of hydrogen-bond donors (Lipinski definition) is 1. The lowest BCUT2D eigenvalue weighted by Gasteiger charge is -2.00. The summed E-state index contributed by atoms with van der Waals surface area (Å²) in [6, 6.07) is 0. The van der Waals surface area contributed by atoms with Gasteiger partial charge in [0.25, 0.3) is 0 Å². The fourth-order valence-corrected chi connectivity index (χ4v) is 2.24. The summed E-state index contributed by atoms with van der Waals surface area (Å²) in [6.07, 6.45) is 2.13. The molecule has 15 heavy (non-hydrogen) atoms. The van der Waals surface area contributed by atoms with E-state index >= 15 is 0 Å². The van der Waals surface area contributed by atoms with Gasteiger partial charge >= 0.3 is 0 Å². The van der Waals surface area contributed by atoms with Crippen molar-refractivity contribution in [3.05, 3.63) is 16.1 Å². The van der Waals surface area contributed by atoms with Crippen LogP contribution in [0.5, 0.6) is 0 Å². The quantitative estimate of drug-likeness (QED) is 0.801. The molecule has 1 N–H and O–H groups in total. The van der Waals surface area contributed by atoms with Crippen molar-refractivity contribution in [1.29, 1.82) is 0 Å². The van der Waals surface area contributed by atoms with Gasteiger partial charge in [-0.25, -0.2) is 4.98 Å². The molecule has 0 fully saturated rings. The van der Waals surface area contributed by atoms with Gasteiger partial charge in [0.1, 0.15) is 0 Å². The Morgan fingerprint density at radius 3 is 2.80 bits per heavy atom. The van der Waals surface area contributed by atoms with Crippen LogP contribution in [0.15, 0.2) is 5.38 Å². The van der Waals surface area contributed by atoms with Gasteiger partial charge in [-0.15, -0.1) is 23.7 Å². The Labute approximate surface area is 107 Å². The van der Waals surface area contributed by atoms with E-state index in [4.69, 9.17) is 0 Å². The zero-order valence-corrected chi connectivity index (χ0v) is 11.9. The van der Waals surface area contributed by atoms with Crippen LogP contribution in [0.2, 0.25) is 0 Å². The van der Waals surface area contributed by atoms with Gasteiger partial charge in [0.2, 0.25) is 0 Å². The molecule has 88 valence electrons. The van der Waals surface area contributed by atoms with Crippen molar-refractivity contribution >= 4 is 35.5 Å². The lowest BCUT2D eigenvalue weighted by Crippen LogP contribution is -2.16. The molecule has 0 aromatic carbocycles. The van der Waals surface area contributed by atoms with Crippen molar-refractivity contribution in [2.24, 2.45) is 0 Å². The Bertz CT molecular complexity index is 264. The molecule has 0 amide bonds. The monoisotopic (exact) mass is 266 g/mol. The molecule has 0 aliphatic heterocycles. The summed E-state index contributed by atoms with van der Waals surface area (Å²) in [5.41, 5.74) is 1.18. The zero-order valence-electron chi connectivity index (χ0n) is 9.45. The highest BCUT2D eigenvalue weighted by Crippen LogP contribution is 2.18. The van der Waals surface area contributed by atoms with Crippen molar-refractivity contribution in [3.8, 4) is 0 Å². The van der Waals surface area contributed by atoms with Crippen LogP contribution in [0.1, 0.15) is 30.5 Å². The molecule has 0 atom stereocenters. The van der Waals surface area contributed by atoms with Crippen LogP contribution in [0, 0.1) is 0 Å². The number of nitrogens with one attached hydrogen (secondary N) is 1. The van der Waals surface area contributed by atoms with Gasteiger partial charge in [-0.05, 0) is 6.26 Å². The second-order valence-electron chi connectivity index (χ2n) is 3.50. The predicted octanol–water partition coefficient (Wildman–Crippen LogP) is 3.14. The molecule has 0 aliphatic carbocycles. The average Bonchev–Trinajstić information content (AvgIpc) is 2.61. The van der Waals surface area contributed by atoms with Crippen molar-refractivity contribution in [2.75, 3.05) is 18.6 Å². The zero-order chi connectivity index (χ0) is 10.4. The molecular formula is C10H19ClN2S2. The summed E-state index contributed by atoms with van der Waals surface area (Å²) >= 11 is 3.63. The van der Waals surface area contributed by atoms with Gasteiger partial charge < -0.3 is 5.32 Å². The molecule has 0 radical (unpaired) electrons. The van der Waals surface area contributed by atoms with Gasteiger partial charge in [-0.1, -0.05) is 13.8 Å². The van der Waals surface area contributed by atoms with E-state index in [1.807, 2.05) is 11.8 Å². The minimum absolute atomic E-state index is 0. The van der Waals surface area contributed by atoms with Gasteiger partial charge in [0.15, 0.2) is 0 Å². The number of halogens is 1. The second kappa shape index (κ2) is 8.39. The van der Waals surface area contributed by atoms with Gasteiger partial charge in [0, 0.05) is 30.1 Å². The normalized spacial score (nSPS) is 10.4. The third-order valence-electron chi connectivity index (χ3n) is 1.85. The van der Waals surface area contributed by atoms with E-state index in [1.165, 1.54) is 16.5 Å². The fourth-order valence-electron chi connectivity index (χ4n) is 1.06. The maximum absolute atomic E-state index is 4.56. The molecule has 0 spiro atoms. The van der Waals surface area contributed by atoms with Crippen LogP contribution in [0.25, 0.3) is 0 Å². The minimum Gasteiger partial charge on any atom is -0.310 e. The first-order valence-electron chi connectivity index (χ1n) is 4.88. The van der Waals surface area contributed by atoms with E-state index in [2.05, 4.69) is 35.8 Å². The summed E-state index contributed by atoms with van der Waals surface area (Å²) in [4.78, 5) is 4.56. The number of aromatic nitrogens is 1. The first-order valence-corrected chi connectivity index (χ1v) is 7.15. The lowest BCUT2D eigenvalue weighted by molar-refractivity contribution is 0.712. The van der Waals surface area contributed by atoms with Gasteiger partial charge in [0.05, 0.1) is 10.7 Å². The summed E-state index contributed by atoms with van der Waals surface area (Å²) < 4.78 is 0. The van der Waals surface area contributed by atoms with Crippen molar-refractivity contribution in [2.45, 2.75) is 26.3 Å². The highest BCUT2D eigenvalue weighted by atomic mass is 35.5. The van der Waals surface area contributed by atoms with Crippen molar-refractivity contribution in [3.63, 3.8) is 0 Å². The maximum atomic E-state index is 4.56. The Morgan fingerprint density at radius 1 is 1.53 bits per heavy atom. The molecule has 1 aromatic heterocycles. The van der Waals surface area contributed by atoms with Crippen LogP contribution in [-0.4, -0.2) is 23.5 Å². The molecular weight excluding hydrogens is 248 g/mol. The number of nitrogens with zero attached hydrogens (tertiary/aromatic N) is 1. The molecule has 0 aliphatic rings. The highest BCUT2D eigenvalue weighted by molar-refractivity contribution is 7.98. The summed E-state index contributed by atoms with van der Waals surface area (Å²) in [5, 5.41) is 6.77. The Morgan fingerprint density at radius 2 is 2.27 bits per heavy atom. The Kier molecular flexibility index (Phi) is 8.52. The molecule has 1 rings (SSSR count). The first kappa shape index (κ1) is 15.2. The van der Waals surface area contributed by atoms with E-state index in [0.29, 0.717) is 5.92 Å². The van der Waals surface area contributed by atoms with E-state index < -0.39 is 0 Å². The number of thiazole rings is 1. The Balaban J connectivity index is 0.00000196. The standard InChI is InChI=1S/C10H18N2S2.ClH/c1-8(2)10-12-9(7-14-10)6-11-4-5-13-3;/h7-8,11H,4-6H2,1-3H3;1H. The van der Waals surface area contributed by atoms with Crippen LogP contribution in [0.4, 0.5) is 0 Å². The SMILES string of the molecule is CSCCNCc1csc(C(C)C)n1.Cl. The largest absolute Gasteiger partial charge is 0.310 e. The van der Waals surface area contributed by atoms with E-state index in [9.17, 15) is 0 Å². The minimum atomic E-state index is 0. The number of rotatable bonds is 6. The molecule has 1 heterocycles. The van der Waals surface area contributed by atoms with Crippen LogP contribution in [-0.2, 0) is 6.54 Å². The van der Waals surface area contributed by atoms with Gasteiger partial charge in [-0.3, -0.25) is 0 Å².